The van der Waals surface area contributed by atoms with Crippen molar-refractivity contribution in [3.63, 3.8) is 0 Å². The highest BCUT2D eigenvalue weighted by molar-refractivity contribution is 9.10. The van der Waals surface area contributed by atoms with E-state index in [-0.39, 0.29) is 5.91 Å². The summed E-state index contributed by atoms with van der Waals surface area (Å²) in [5.74, 6) is 0.417. The van der Waals surface area contributed by atoms with Gasteiger partial charge in [0.1, 0.15) is 5.75 Å². The molecule has 0 fully saturated rings. The lowest BCUT2D eigenvalue weighted by Gasteiger charge is -2.11. The van der Waals surface area contributed by atoms with E-state index in [1.54, 1.807) is 31.4 Å². The molecule has 1 amide bonds. The second kappa shape index (κ2) is 5.96. The van der Waals surface area contributed by atoms with Crippen molar-refractivity contribution in [2.45, 2.75) is 6.92 Å². The molecule has 4 nitrogen and oxygen atoms in total. The fourth-order valence-electron chi connectivity index (χ4n) is 1.80. The molecule has 2 rings (SSSR count). The summed E-state index contributed by atoms with van der Waals surface area (Å²) in [4.78, 5) is 12.3. The SMILES string of the molecule is COc1ccc(Br)c(NC(=O)c2cccc(C)c2N)c1. The third-order valence-electron chi connectivity index (χ3n) is 2.99. The van der Waals surface area contributed by atoms with Crippen LogP contribution in [0.4, 0.5) is 11.4 Å². The van der Waals surface area contributed by atoms with Crippen molar-refractivity contribution in [3.8, 4) is 5.75 Å². The van der Waals surface area contributed by atoms with Crippen molar-refractivity contribution in [2.75, 3.05) is 18.2 Å². The van der Waals surface area contributed by atoms with Crippen LogP contribution >= 0.6 is 15.9 Å². The van der Waals surface area contributed by atoms with Crippen LogP contribution < -0.4 is 15.8 Å². The van der Waals surface area contributed by atoms with Gasteiger partial charge in [-0.15, -0.1) is 0 Å². The molecule has 0 aromatic heterocycles. The van der Waals surface area contributed by atoms with Crippen molar-refractivity contribution in [3.05, 3.63) is 52.0 Å². The predicted molar refractivity (Wildman–Crippen MR) is 84.2 cm³/mol. The van der Waals surface area contributed by atoms with Crippen LogP contribution in [0.25, 0.3) is 0 Å². The molecule has 0 aliphatic rings. The van der Waals surface area contributed by atoms with Crippen molar-refractivity contribution in [1.82, 2.24) is 0 Å². The van der Waals surface area contributed by atoms with Crippen molar-refractivity contribution >= 4 is 33.2 Å². The molecule has 104 valence electrons. The number of nitrogen functional groups attached to an aromatic ring is 1. The summed E-state index contributed by atoms with van der Waals surface area (Å²) in [6.07, 6.45) is 0. The Balaban J connectivity index is 2.30. The Kier molecular flexibility index (Phi) is 4.29. The lowest BCUT2D eigenvalue weighted by Crippen LogP contribution is -2.15. The summed E-state index contributed by atoms with van der Waals surface area (Å²) in [5.41, 5.74) is 8.39. The first-order chi connectivity index (χ1) is 9.52. The zero-order valence-corrected chi connectivity index (χ0v) is 12.8. The molecule has 0 atom stereocenters. The van der Waals surface area contributed by atoms with Crippen LogP contribution in [-0.2, 0) is 0 Å². The first-order valence-electron chi connectivity index (χ1n) is 6.03. The van der Waals surface area contributed by atoms with Gasteiger partial charge in [-0.2, -0.15) is 0 Å². The maximum absolute atomic E-state index is 12.3. The molecular formula is C15H15BrN2O2. The number of hydrogen-bond acceptors (Lipinski definition) is 3. The van der Waals surface area contributed by atoms with E-state index in [9.17, 15) is 4.79 Å². The minimum absolute atomic E-state index is 0.250. The molecule has 0 saturated carbocycles. The largest absolute Gasteiger partial charge is 0.497 e. The summed E-state index contributed by atoms with van der Waals surface area (Å²) in [6, 6.07) is 10.7. The summed E-state index contributed by atoms with van der Waals surface area (Å²) < 4.78 is 5.92. The second-order valence-corrected chi connectivity index (χ2v) is 5.19. The highest BCUT2D eigenvalue weighted by atomic mass is 79.9. The summed E-state index contributed by atoms with van der Waals surface area (Å²) in [6.45, 7) is 1.87. The standard InChI is InChI=1S/C15H15BrN2O2/c1-9-4-3-5-11(14(9)17)15(19)18-13-8-10(20-2)6-7-12(13)16/h3-8H,17H2,1-2H3,(H,18,19). The highest BCUT2D eigenvalue weighted by Crippen LogP contribution is 2.28. The number of nitrogens with one attached hydrogen (secondary N) is 1. The van der Waals surface area contributed by atoms with Crippen molar-refractivity contribution < 1.29 is 9.53 Å². The Morgan fingerprint density at radius 3 is 2.75 bits per heavy atom. The molecule has 20 heavy (non-hydrogen) atoms. The maximum atomic E-state index is 12.3. The zero-order chi connectivity index (χ0) is 14.7. The van der Waals surface area contributed by atoms with Crippen LogP contribution in [0.15, 0.2) is 40.9 Å². The first kappa shape index (κ1) is 14.4. The topological polar surface area (TPSA) is 64.3 Å². The normalized spacial score (nSPS) is 10.2. The average Bonchev–Trinajstić information content (AvgIpc) is 2.44. The van der Waals surface area contributed by atoms with Gasteiger partial charge < -0.3 is 15.8 Å². The predicted octanol–water partition coefficient (Wildman–Crippen LogP) is 3.60. The van der Waals surface area contributed by atoms with Gasteiger partial charge in [0.2, 0.25) is 0 Å². The van der Waals surface area contributed by atoms with Gasteiger partial charge in [-0.05, 0) is 46.6 Å². The van der Waals surface area contributed by atoms with Gasteiger partial charge >= 0.3 is 0 Å². The lowest BCUT2D eigenvalue weighted by atomic mass is 10.1. The summed E-state index contributed by atoms with van der Waals surface area (Å²) >= 11 is 3.39. The Morgan fingerprint density at radius 2 is 2.05 bits per heavy atom. The molecule has 0 spiro atoms. The summed E-state index contributed by atoms with van der Waals surface area (Å²) in [7, 11) is 1.58. The number of para-hydroxylation sites is 1. The Labute approximate surface area is 126 Å². The third-order valence-corrected chi connectivity index (χ3v) is 3.68. The Hall–Kier alpha value is -2.01. The fraction of sp³-hybridized carbons (Fsp3) is 0.133. The number of ether oxygens (including phenoxy) is 1. The number of halogens is 1. The number of nitrogens with two attached hydrogens (primary N) is 1. The zero-order valence-electron chi connectivity index (χ0n) is 11.2. The van der Waals surface area contributed by atoms with Gasteiger partial charge in [0.05, 0.1) is 18.4 Å². The average molecular weight is 335 g/mol. The molecule has 3 N–H and O–H groups in total. The lowest BCUT2D eigenvalue weighted by molar-refractivity contribution is 0.102. The quantitative estimate of drug-likeness (QED) is 0.843. The second-order valence-electron chi connectivity index (χ2n) is 4.34. The van der Waals surface area contributed by atoms with E-state index in [0.717, 1.165) is 10.0 Å². The monoisotopic (exact) mass is 334 g/mol. The molecule has 0 heterocycles. The Morgan fingerprint density at radius 1 is 1.30 bits per heavy atom. The van der Waals surface area contributed by atoms with E-state index in [2.05, 4.69) is 21.2 Å². The molecule has 0 unspecified atom stereocenters. The van der Waals surface area contributed by atoms with Crippen LogP contribution in [0, 0.1) is 6.92 Å². The first-order valence-corrected chi connectivity index (χ1v) is 6.82. The number of carbonyl (C=O) groups excluding carboxylic acids is 1. The van der Waals surface area contributed by atoms with Gasteiger partial charge in [0, 0.05) is 16.2 Å². The van der Waals surface area contributed by atoms with E-state index < -0.39 is 0 Å². The van der Waals surface area contributed by atoms with E-state index in [0.29, 0.717) is 22.7 Å². The van der Waals surface area contributed by atoms with E-state index in [1.165, 1.54) is 0 Å². The number of amides is 1. The van der Waals surface area contributed by atoms with Crippen LogP contribution in [-0.4, -0.2) is 13.0 Å². The molecule has 2 aromatic rings. The molecule has 0 saturated heterocycles. The van der Waals surface area contributed by atoms with Crippen LogP contribution in [0.1, 0.15) is 15.9 Å². The molecule has 0 bridgehead atoms. The number of hydrogen-bond donors (Lipinski definition) is 2. The van der Waals surface area contributed by atoms with Gasteiger partial charge in [-0.1, -0.05) is 12.1 Å². The molecule has 0 aliphatic heterocycles. The maximum Gasteiger partial charge on any atom is 0.257 e. The van der Waals surface area contributed by atoms with Crippen LogP contribution in [0.3, 0.4) is 0 Å². The fourth-order valence-corrected chi connectivity index (χ4v) is 2.14. The van der Waals surface area contributed by atoms with Gasteiger partial charge in [-0.25, -0.2) is 0 Å². The van der Waals surface area contributed by atoms with Crippen molar-refractivity contribution in [2.24, 2.45) is 0 Å². The van der Waals surface area contributed by atoms with Crippen LogP contribution in [0.2, 0.25) is 0 Å². The van der Waals surface area contributed by atoms with Crippen molar-refractivity contribution in [1.29, 1.82) is 0 Å². The van der Waals surface area contributed by atoms with Gasteiger partial charge in [0.25, 0.3) is 5.91 Å². The van der Waals surface area contributed by atoms with E-state index >= 15 is 0 Å². The molecule has 0 aliphatic carbocycles. The van der Waals surface area contributed by atoms with Gasteiger partial charge in [-0.3, -0.25) is 4.79 Å². The molecule has 2 aromatic carbocycles. The number of rotatable bonds is 3. The molecular weight excluding hydrogens is 320 g/mol. The van der Waals surface area contributed by atoms with Gasteiger partial charge in [0.15, 0.2) is 0 Å². The summed E-state index contributed by atoms with van der Waals surface area (Å²) in [5, 5.41) is 2.82. The number of anilines is 2. The molecule has 5 heteroatoms. The smallest absolute Gasteiger partial charge is 0.257 e. The number of benzene rings is 2. The highest BCUT2D eigenvalue weighted by Gasteiger charge is 2.13. The number of carbonyl (C=O) groups is 1. The number of aryl methyl sites for hydroxylation is 1. The van der Waals surface area contributed by atoms with Crippen LogP contribution in [0.5, 0.6) is 5.75 Å². The molecule has 0 radical (unpaired) electrons. The van der Waals surface area contributed by atoms with E-state index in [4.69, 9.17) is 10.5 Å². The minimum atomic E-state index is -0.250. The minimum Gasteiger partial charge on any atom is -0.497 e. The third kappa shape index (κ3) is 2.93. The van der Waals surface area contributed by atoms with E-state index in [1.807, 2.05) is 19.1 Å². The Bertz CT molecular complexity index is 656. The number of methoxy groups -OCH3 is 1.